The molecule has 0 bridgehead atoms. The van der Waals surface area contributed by atoms with Crippen LogP contribution in [0.2, 0.25) is 25.3 Å². The summed E-state index contributed by atoms with van der Waals surface area (Å²) in [5, 5.41) is 0. The summed E-state index contributed by atoms with van der Waals surface area (Å²) in [6.45, 7) is 16.8. The maximum atomic E-state index is 6.02. The molecule has 0 aromatic carbocycles. The van der Waals surface area contributed by atoms with Crippen molar-refractivity contribution in [2.45, 2.75) is 52.0 Å². The van der Waals surface area contributed by atoms with Crippen molar-refractivity contribution in [1.82, 2.24) is 0 Å². The zero-order chi connectivity index (χ0) is 12.7. The Hall–Kier alpha value is 0.0938. The van der Waals surface area contributed by atoms with Crippen LogP contribution >= 0.6 is 0 Å². The standard InChI is InChI=1S/C12H28O2Si2/c1-7-10-13-15(4,5)12-16(6,9-3)14-11-8-2/h9H,3,7-8,10-12H2,1-2,4-6H3. The molecule has 0 amide bonds. The average molecular weight is 261 g/mol. The van der Waals surface area contributed by atoms with Crippen molar-refractivity contribution in [1.29, 1.82) is 0 Å². The van der Waals surface area contributed by atoms with Gasteiger partial charge in [-0.2, -0.15) is 0 Å². The fourth-order valence-corrected chi connectivity index (χ4v) is 11.5. The lowest BCUT2D eigenvalue weighted by atomic mass is 10.5. The molecule has 0 saturated heterocycles. The molecule has 0 fully saturated rings. The topological polar surface area (TPSA) is 18.5 Å². The molecule has 4 heteroatoms. The zero-order valence-electron chi connectivity index (χ0n) is 11.6. The van der Waals surface area contributed by atoms with Gasteiger partial charge >= 0.3 is 0 Å². The Morgan fingerprint density at radius 3 is 1.94 bits per heavy atom. The van der Waals surface area contributed by atoms with E-state index in [1.165, 1.54) is 0 Å². The van der Waals surface area contributed by atoms with Crippen LogP contribution in [0.3, 0.4) is 0 Å². The molecule has 0 saturated carbocycles. The van der Waals surface area contributed by atoms with Gasteiger partial charge in [-0.15, -0.1) is 6.58 Å². The molecule has 2 nitrogen and oxygen atoms in total. The molecular weight excluding hydrogens is 232 g/mol. The summed E-state index contributed by atoms with van der Waals surface area (Å²) in [6.07, 6.45) is 2.17. The van der Waals surface area contributed by atoms with E-state index in [9.17, 15) is 0 Å². The summed E-state index contributed by atoms with van der Waals surface area (Å²) in [4.78, 5) is 0. The number of hydrogen-bond acceptors (Lipinski definition) is 2. The minimum absolute atomic E-state index is 0.854. The molecule has 0 radical (unpaired) electrons. The van der Waals surface area contributed by atoms with Crippen LogP contribution in [0.5, 0.6) is 0 Å². The van der Waals surface area contributed by atoms with E-state index in [0.717, 1.165) is 31.7 Å². The second-order valence-electron chi connectivity index (χ2n) is 5.15. The van der Waals surface area contributed by atoms with Gasteiger partial charge in [0.05, 0.1) is 0 Å². The van der Waals surface area contributed by atoms with Crippen molar-refractivity contribution in [3.63, 3.8) is 0 Å². The number of rotatable bonds is 9. The Morgan fingerprint density at radius 2 is 1.50 bits per heavy atom. The van der Waals surface area contributed by atoms with Crippen molar-refractivity contribution in [3.05, 3.63) is 12.3 Å². The largest absolute Gasteiger partial charge is 0.418 e. The predicted octanol–water partition coefficient (Wildman–Crippen LogP) is 3.88. The maximum Gasteiger partial charge on any atom is 0.213 e. The predicted molar refractivity (Wildman–Crippen MR) is 76.6 cm³/mol. The second-order valence-corrected chi connectivity index (χ2v) is 13.7. The van der Waals surface area contributed by atoms with E-state index in [4.69, 9.17) is 8.85 Å². The highest BCUT2D eigenvalue weighted by Crippen LogP contribution is 2.23. The molecule has 0 aliphatic rings. The molecule has 0 aromatic heterocycles. The lowest BCUT2D eigenvalue weighted by Gasteiger charge is -2.32. The monoisotopic (exact) mass is 260 g/mol. The van der Waals surface area contributed by atoms with Gasteiger partial charge in [-0.25, -0.2) is 0 Å². The van der Waals surface area contributed by atoms with Crippen molar-refractivity contribution in [3.8, 4) is 0 Å². The third kappa shape index (κ3) is 6.63. The van der Waals surface area contributed by atoms with Gasteiger partial charge in [0.1, 0.15) is 0 Å². The summed E-state index contributed by atoms with van der Waals surface area (Å²) in [7, 11) is -3.29. The van der Waals surface area contributed by atoms with Gasteiger partial charge in [-0.3, -0.25) is 0 Å². The Kier molecular flexibility index (Phi) is 7.47. The first kappa shape index (κ1) is 16.1. The van der Waals surface area contributed by atoms with Crippen LogP contribution in [0.4, 0.5) is 0 Å². The van der Waals surface area contributed by atoms with Crippen LogP contribution in [0.1, 0.15) is 26.7 Å². The second kappa shape index (κ2) is 7.43. The Bertz CT molecular complexity index is 207. The lowest BCUT2D eigenvalue weighted by Crippen LogP contribution is -2.45. The van der Waals surface area contributed by atoms with E-state index in [2.05, 4.69) is 45.8 Å². The summed E-state index contributed by atoms with van der Waals surface area (Å²) in [5.41, 5.74) is 3.18. The van der Waals surface area contributed by atoms with E-state index >= 15 is 0 Å². The maximum absolute atomic E-state index is 6.02. The highest BCUT2D eigenvalue weighted by molar-refractivity contribution is 6.92. The van der Waals surface area contributed by atoms with Crippen LogP contribution in [-0.2, 0) is 8.85 Å². The van der Waals surface area contributed by atoms with Crippen LogP contribution in [0, 0.1) is 0 Å². The molecule has 0 aliphatic heterocycles. The van der Waals surface area contributed by atoms with Crippen molar-refractivity contribution >= 4 is 16.6 Å². The molecule has 0 aliphatic carbocycles. The molecule has 1 unspecified atom stereocenters. The Labute approximate surface area is 103 Å². The fourth-order valence-electron chi connectivity index (χ4n) is 1.79. The van der Waals surface area contributed by atoms with Crippen LogP contribution < -0.4 is 0 Å². The SMILES string of the molecule is C=C[Si](C)(C[Si](C)(C)OCCC)OCCC. The average Bonchev–Trinajstić information content (AvgIpc) is 2.23. The summed E-state index contributed by atoms with van der Waals surface area (Å²) in [6, 6.07) is 0. The quantitative estimate of drug-likeness (QED) is 0.586. The Balaban J connectivity index is 4.32. The molecule has 96 valence electrons. The van der Waals surface area contributed by atoms with Gasteiger partial charge < -0.3 is 8.85 Å². The molecule has 0 aromatic rings. The minimum atomic E-state index is -1.73. The molecule has 0 heterocycles. The minimum Gasteiger partial charge on any atom is -0.418 e. The van der Waals surface area contributed by atoms with Crippen molar-refractivity contribution in [2.24, 2.45) is 0 Å². The third-order valence-electron chi connectivity index (χ3n) is 2.54. The highest BCUT2D eigenvalue weighted by Gasteiger charge is 2.36. The number of hydrogen-bond donors (Lipinski definition) is 0. The first-order chi connectivity index (χ1) is 7.39. The fraction of sp³-hybridized carbons (Fsp3) is 0.833. The van der Waals surface area contributed by atoms with Gasteiger partial charge in [0.2, 0.25) is 8.32 Å². The molecular formula is C12H28O2Si2. The lowest BCUT2D eigenvalue weighted by molar-refractivity contribution is 0.296. The van der Waals surface area contributed by atoms with Gasteiger partial charge in [0, 0.05) is 13.2 Å². The highest BCUT2D eigenvalue weighted by atomic mass is 28.4. The van der Waals surface area contributed by atoms with E-state index in [-0.39, 0.29) is 0 Å². The van der Waals surface area contributed by atoms with Crippen molar-refractivity contribution in [2.75, 3.05) is 13.2 Å². The molecule has 0 N–H and O–H groups in total. The first-order valence-electron chi connectivity index (χ1n) is 6.30. The normalized spacial score (nSPS) is 15.8. The van der Waals surface area contributed by atoms with Gasteiger partial charge in [-0.05, 0) is 38.2 Å². The summed E-state index contributed by atoms with van der Waals surface area (Å²) >= 11 is 0. The van der Waals surface area contributed by atoms with Crippen molar-refractivity contribution < 1.29 is 8.85 Å². The molecule has 0 spiro atoms. The van der Waals surface area contributed by atoms with Gasteiger partial charge in [0.25, 0.3) is 0 Å². The zero-order valence-corrected chi connectivity index (χ0v) is 13.6. The van der Waals surface area contributed by atoms with Gasteiger partial charge in [0.15, 0.2) is 8.32 Å². The first-order valence-corrected chi connectivity index (χ1v) is 12.1. The smallest absolute Gasteiger partial charge is 0.213 e. The van der Waals surface area contributed by atoms with E-state index in [1.807, 2.05) is 0 Å². The molecule has 16 heavy (non-hydrogen) atoms. The van der Waals surface area contributed by atoms with Crippen LogP contribution in [0.25, 0.3) is 0 Å². The van der Waals surface area contributed by atoms with E-state index < -0.39 is 16.6 Å². The summed E-state index contributed by atoms with van der Waals surface area (Å²) in [5.74, 6) is 0. The van der Waals surface area contributed by atoms with Crippen LogP contribution in [0.15, 0.2) is 12.3 Å². The third-order valence-corrected chi connectivity index (χ3v) is 11.5. The Morgan fingerprint density at radius 1 is 1.00 bits per heavy atom. The summed E-state index contributed by atoms with van der Waals surface area (Å²) < 4.78 is 12.0. The van der Waals surface area contributed by atoms with Gasteiger partial charge in [-0.1, -0.05) is 19.5 Å². The van der Waals surface area contributed by atoms with E-state index in [1.54, 1.807) is 0 Å². The van der Waals surface area contributed by atoms with E-state index in [0.29, 0.717) is 0 Å². The molecule has 0 rings (SSSR count). The molecule has 1 atom stereocenters. The van der Waals surface area contributed by atoms with Crippen LogP contribution in [-0.4, -0.2) is 29.8 Å².